The van der Waals surface area contributed by atoms with Gasteiger partial charge in [0.25, 0.3) is 0 Å². The van der Waals surface area contributed by atoms with Crippen molar-refractivity contribution in [1.29, 1.82) is 0 Å². The molecule has 162 valence electrons. The van der Waals surface area contributed by atoms with Gasteiger partial charge < -0.3 is 9.64 Å². The van der Waals surface area contributed by atoms with Gasteiger partial charge in [0, 0.05) is 32.1 Å². The van der Waals surface area contributed by atoms with E-state index < -0.39 is 0 Å². The number of nitrogens with zero attached hydrogens (tertiary/aromatic N) is 2. The number of piperidine rings is 1. The molecule has 2 aliphatic rings. The number of amides is 1. The van der Waals surface area contributed by atoms with Crippen molar-refractivity contribution in [1.82, 2.24) is 9.80 Å². The van der Waals surface area contributed by atoms with Crippen LogP contribution in [0.5, 0.6) is 5.75 Å². The summed E-state index contributed by atoms with van der Waals surface area (Å²) in [6.45, 7) is 10.8. The highest BCUT2D eigenvalue weighted by atomic mass is 16.5. The van der Waals surface area contributed by atoms with E-state index in [9.17, 15) is 4.79 Å². The summed E-state index contributed by atoms with van der Waals surface area (Å²) in [5.41, 5.74) is 2.96. The number of hydrogen-bond donors (Lipinski definition) is 0. The van der Waals surface area contributed by atoms with Gasteiger partial charge in [-0.2, -0.15) is 0 Å². The number of benzene rings is 1. The summed E-state index contributed by atoms with van der Waals surface area (Å²) in [6.07, 6.45) is 7.77. The zero-order chi connectivity index (χ0) is 20.8. The van der Waals surface area contributed by atoms with Crippen molar-refractivity contribution >= 4 is 5.91 Å². The minimum atomic E-state index is 0.350. The lowest BCUT2D eigenvalue weighted by atomic mass is 9.86. The van der Waals surface area contributed by atoms with Crippen LogP contribution >= 0.6 is 0 Å². The van der Waals surface area contributed by atoms with Gasteiger partial charge in [-0.3, -0.25) is 9.69 Å². The first-order valence-corrected chi connectivity index (χ1v) is 11.7. The number of ether oxygens (including phenoxy) is 1. The van der Waals surface area contributed by atoms with E-state index in [0.29, 0.717) is 24.3 Å². The molecule has 1 amide bonds. The zero-order valence-electron chi connectivity index (χ0n) is 19.0. The molecule has 1 fully saturated rings. The molecule has 0 N–H and O–H groups in total. The van der Waals surface area contributed by atoms with Crippen LogP contribution < -0.4 is 4.74 Å². The fraction of sp³-hybridized carbons (Fsp3) is 0.720. The van der Waals surface area contributed by atoms with Gasteiger partial charge in [0.1, 0.15) is 5.75 Å². The second-order valence-electron chi connectivity index (χ2n) is 9.45. The number of carbonyl (C=O) groups is 1. The second kappa shape index (κ2) is 10.5. The maximum atomic E-state index is 12.4. The zero-order valence-corrected chi connectivity index (χ0v) is 19.0. The molecule has 1 unspecified atom stereocenters. The molecule has 1 aliphatic carbocycles. The van der Waals surface area contributed by atoms with Crippen LogP contribution in [0.4, 0.5) is 0 Å². The number of carbonyl (C=O) groups excluding carboxylic acids is 1. The summed E-state index contributed by atoms with van der Waals surface area (Å²) in [5.74, 6) is 2.51. The number of hydrogen-bond acceptors (Lipinski definition) is 3. The Morgan fingerprint density at radius 3 is 2.62 bits per heavy atom. The largest absolute Gasteiger partial charge is 0.497 e. The predicted octanol–water partition coefficient (Wildman–Crippen LogP) is 4.55. The highest BCUT2D eigenvalue weighted by Crippen LogP contribution is 2.29. The Balaban J connectivity index is 1.55. The van der Waals surface area contributed by atoms with Crippen LogP contribution in [0.3, 0.4) is 0 Å². The third kappa shape index (κ3) is 5.97. The molecule has 1 atom stereocenters. The molecule has 4 nitrogen and oxygen atoms in total. The Bertz CT molecular complexity index is 665. The van der Waals surface area contributed by atoms with Gasteiger partial charge in [0.05, 0.1) is 7.11 Å². The fourth-order valence-corrected chi connectivity index (χ4v) is 5.04. The van der Waals surface area contributed by atoms with Crippen LogP contribution in [-0.4, -0.2) is 55.0 Å². The number of aryl methyl sites for hydroxylation is 1. The fourth-order valence-electron chi connectivity index (χ4n) is 5.04. The monoisotopic (exact) mass is 400 g/mol. The maximum absolute atomic E-state index is 12.4. The Morgan fingerprint density at radius 1 is 1.21 bits per heavy atom. The lowest BCUT2D eigenvalue weighted by molar-refractivity contribution is -0.133. The van der Waals surface area contributed by atoms with Crippen molar-refractivity contribution in [2.24, 2.45) is 11.8 Å². The molecular weight excluding hydrogens is 360 g/mol. The van der Waals surface area contributed by atoms with Crippen molar-refractivity contribution in [3.05, 3.63) is 29.3 Å². The van der Waals surface area contributed by atoms with E-state index in [1.807, 2.05) is 0 Å². The number of rotatable bonds is 8. The molecule has 1 aromatic carbocycles. The maximum Gasteiger partial charge on any atom is 0.222 e. The van der Waals surface area contributed by atoms with Crippen molar-refractivity contribution in [2.45, 2.75) is 71.8 Å². The van der Waals surface area contributed by atoms with Crippen LogP contribution in [0.2, 0.25) is 0 Å². The minimum absolute atomic E-state index is 0.350. The first-order chi connectivity index (χ1) is 14.0. The third-order valence-electron chi connectivity index (χ3n) is 6.69. The molecule has 4 heteroatoms. The standard InChI is InChI=1S/C25H40N2O2/c1-5-12-27(18-20-10-13-26(14-11-20)25(28)15-19(2)3)23-8-6-22-17-24(29-4)9-7-21(22)16-23/h7,9,17,19-20,23H,5-6,8,10-16,18H2,1-4H3. The molecule has 0 radical (unpaired) electrons. The van der Waals surface area contributed by atoms with Gasteiger partial charge in [-0.15, -0.1) is 0 Å². The Labute approximate surface area is 177 Å². The molecular formula is C25H40N2O2. The van der Waals surface area contributed by atoms with E-state index in [0.717, 1.165) is 50.4 Å². The normalized spacial score (nSPS) is 20.2. The molecule has 1 saturated heterocycles. The van der Waals surface area contributed by atoms with E-state index in [1.165, 1.54) is 37.1 Å². The van der Waals surface area contributed by atoms with E-state index in [1.54, 1.807) is 7.11 Å². The van der Waals surface area contributed by atoms with Gasteiger partial charge in [-0.05, 0) is 80.2 Å². The Kier molecular flexibility index (Phi) is 7.99. The second-order valence-corrected chi connectivity index (χ2v) is 9.45. The van der Waals surface area contributed by atoms with E-state index in [4.69, 9.17) is 4.74 Å². The van der Waals surface area contributed by atoms with Gasteiger partial charge in [-0.1, -0.05) is 26.8 Å². The summed E-state index contributed by atoms with van der Waals surface area (Å²) in [6, 6.07) is 7.24. The smallest absolute Gasteiger partial charge is 0.222 e. The van der Waals surface area contributed by atoms with Crippen molar-refractivity contribution in [3.63, 3.8) is 0 Å². The molecule has 0 spiro atoms. The van der Waals surface area contributed by atoms with Gasteiger partial charge >= 0.3 is 0 Å². The highest BCUT2D eigenvalue weighted by Gasteiger charge is 2.29. The first kappa shape index (κ1) is 22.1. The topological polar surface area (TPSA) is 32.8 Å². The van der Waals surface area contributed by atoms with E-state index in [2.05, 4.69) is 48.8 Å². The van der Waals surface area contributed by atoms with Crippen LogP contribution in [0.15, 0.2) is 18.2 Å². The van der Waals surface area contributed by atoms with Crippen molar-refractivity contribution < 1.29 is 9.53 Å². The lowest BCUT2D eigenvalue weighted by Gasteiger charge is -2.40. The average molecular weight is 401 g/mol. The quantitative estimate of drug-likeness (QED) is 0.642. The van der Waals surface area contributed by atoms with Crippen LogP contribution in [0, 0.1) is 11.8 Å². The van der Waals surface area contributed by atoms with Gasteiger partial charge in [0.2, 0.25) is 5.91 Å². The van der Waals surface area contributed by atoms with Gasteiger partial charge in [-0.25, -0.2) is 0 Å². The molecule has 29 heavy (non-hydrogen) atoms. The van der Waals surface area contributed by atoms with Crippen LogP contribution in [0.25, 0.3) is 0 Å². The van der Waals surface area contributed by atoms with Crippen LogP contribution in [-0.2, 0) is 17.6 Å². The lowest BCUT2D eigenvalue weighted by Crippen LogP contribution is -2.46. The molecule has 1 heterocycles. The Hall–Kier alpha value is -1.55. The predicted molar refractivity (Wildman–Crippen MR) is 119 cm³/mol. The number of fused-ring (bicyclic) bond motifs is 1. The number of methoxy groups -OCH3 is 1. The third-order valence-corrected chi connectivity index (χ3v) is 6.69. The molecule has 0 aromatic heterocycles. The molecule has 3 rings (SSSR count). The SMILES string of the molecule is CCCN(CC1CCN(C(=O)CC(C)C)CC1)C1CCc2cc(OC)ccc2C1. The molecule has 0 bridgehead atoms. The molecule has 1 aromatic rings. The number of likely N-dealkylation sites (tertiary alicyclic amines) is 1. The van der Waals surface area contributed by atoms with E-state index in [-0.39, 0.29) is 0 Å². The molecule has 1 aliphatic heterocycles. The summed E-state index contributed by atoms with van der Waals surface area (Å²) >= 11 is 0. The summed E-state index contributed by atoms with van der Waals surface area (Å²) < 4.78 is 5.40. The minimum Gasteiger partial charge on any atom is -0.497 e. The highest BCUT2D eigenvalue weighted by molar-refractivity contribution is 5.76. The van der Waals surface area contributed by atoms with Crippen molar-refractivity contribution in [2.75, 3.05) is 33.3 Å². The van der Waals surface area contributed by atoms with Crippen molar-refractivity contribution in [3.8, 4) is 5.75 Å². The summed E-state index contributed by atoms with van der Waals surface area (Å²) in [5, 5.41) is 0. The molecule has 0 saturated carbocycles. The van der Waals surface area contributed by atoms with Crippen LogP contribution in [0.1, 0.15) is 64.0 Å². The average Bonchev–Trinajstić information content (AvgIpc) is 2.72. The van der Waals surface area contributed by atoms with E-state index >= 15 is 0 Å². The Morgan fingerprint density at radius 2 is 1.97 bits per heavy atom. The summed E-state index contributed by atoms with van der Waals surface area (Å²) in [7, 11) is 1.75. The first-order valence-electron chi connectivity index (χ1n) is 11.7. The van der Waals surface area contributed by atoms with Gasteiger partial charge in [0.15, 0.2) is 0 Å². The summed E-state index contributed by atoms with van der Waals surface area (Å²) in [4.78, 5) is 17.2.